The van der Waals surface area contributed by atoms with Gasteiger partial charge in [-0.05, 0) is 18.6 Å². The summed E-state index contributed by atoms with van der Waals surface area (Å²) in [7, 11) is 0. The second-order valence-corrected chi connectivity index (χ2v) is 5.83. The van der Waals surface area contributed by atoms with Crippen LogP contribution >= 0.6 is 11.6 Å². The van der Waals surface area contributed by atoms with Crippen molar-refractivity contribution in [3.63, 3.8) is 0 Å². The number of aromatic amines is 1. The van der Waals surface area contributed by atoms with Crippen molar-refractivity contribution < 1.29 is 13.2 Å². The van der Waals surface area contributed by atoms with Crippen molar-refractivity contribution in [3.8, 4) is 5.69 Å². The number of hydrogen-bond donors (Lipinski definition) is 1. The van der Waals surface area contributed by atoms with E-state index in [1.54, 1.807) is 18.3 Å². The van der Waals surface area contributed by atoms with Crippen molar-refractivity contribution in [1.82, 2.24) is 19.7 Å². The molecule has 0 aliphatic carbocycles. The average molecular weight is 343 g/mol. The number of nitrogens with one attached hydrogen (secondary N) is 1. The van der Waals surface area contributed by atoms with Gasteiger partial charge in [0.25, 0.3) is 0 Å². The summed E-state index contributed by atoms with van der Waals surface area (Å²) in [6.07, 6.45) is -1.22. The number of aromatic nitrogens is 4. The highest BCUT2D eigenvalue weighted by molar-refractivity contribution is 6.35. The topological polar surface area (TPSA) is 46.5 Å². The maximum atomic E-state index is 13.0. The van der Waals surface area contributed by atoms with Gasteiger partial charge < -0.3 is 4.57 Å². The van der Waals surface area contributed by atoms with E-state index in [-0.39, 0.29) is 5.92 Å². The third kappa shape index (κ3) is 2.81. The Morgan fingerprint density at radius 1 is 1.35 bits per heavy atom. The normalized spacial score (nSPS) is 13.7. The number of hydrogen-bond acceptors (Lipinski definition) is 2. The van der Waals surface area contributed by atoms with E-state index in [2.05, 4.69) is 15.2 Å². The fraction of sp³-hybridized carbons (Fsp3) is 0.333. The van der Waals surface area contributed by atoms with Crippen molar-refractivity contribution >= 4 is 22.5 Å². The molecule has 1 N–H and O–H groups in total. The number of H-pyrrole nitrogens is 1. The van der Waals surface area contributed by atoms with Gasteiger partial charge in [0, 0.05) is 23.2 Å². The summed E-state index contributed by atoms with van der Waals surface area (Å²) in [5.41, 5.74) is 0.273. The fourth-order valence-corrected chi connectivity index (χ4v) is 2.67. The smallest absolute Gasteiger partial charge is 0.303 e. The first-order valence-corrected chi connectivity index (χ1v) is 7.48. The molecule has 1 atom stereocenters. The monoisotopic (exact) mass is 342 g/mol. The van der Waals surface area contributed by atoms with Gasteiger partial charge in [0.15, 0.2) is 5.69 Å². The molecule has 0 saturated heterocycles. The Hall–Kier alpha value is -2.02. The van der Waals surface area contributed by atoms with Gasteiger partial charge in [0.2, 0.25) is 0 Å². The molecule has 122 valence electrons. The lowest BCUT2D eigenvalue weighted by atomic mass is 10.1. The molecule has 0 fully saturated rings. The molecule has 3 rings (SSSR count). The summed E-state index contributed by atoms with van der Waals surface area (Å²) in [6, 6.07) is 3.34. The first kappa shape index (κ1) is 15.9. The molecule has 3 aromatic rings. The number of fused-ring (bicyclic) bond motifs is 1. The van der Waals surface area contributed by atoms with E-state index >= 15 is 0 Å². The first-order chi connectivity index (χ1) is 10.8. The first-order valence-electron chi connectivity index (χ1n) is 7.10. The van der Waals surface area contributed by atoms with E-state index in [0.717, 1.165) is 11.6 Å². The molecule has 4 nitrogen and oxygen atoms in total. The largest absolute Gasteiger partial charge is 0.434 e. The molecule has 2 heterocycles. The standard InChI is InChI=1S/C15H14ClF3N4/c1-3-8(2)14-21-12(15(17,18)19)7-23(14)10-4-9-6-20-22-13(9)11(16)5-10/h4-8H,3H2,1-2H3,(H,20,22)/t8-/m0/s1. The van der Waals surface area contributed by atoms with Crippen LogP contribution in [0.1, 0.15) is 37.7 Å². The number of alkyl halides is 3. The van der Waals surface area contributed by atoms with Crippen molar-refractivity contribution in [1.29, 1.82) is 0 Å². The molecule has 0 aliphatic rings. The van der Waals surface area contributed by atoms with Crippen LogP contribution in [0.25, 0.3) is 16.6 Å². The van der Waals surface area contributed by atoms with Gasteiger partial charge >= 0.3 is 6.18 Å². The summed E-state index contributed by atoms with van der Waals surface area (Å²) < 4.78 is 40.5. The maximum absolute atomic E-state index is 13.0. The Bertz CT molecular complexity index is 850. The third-order valence-corrected chi connectivity index (χ3v) is 4.14. The number of benzene rings is 1. The lowest BCUT2D eigenvalue weighted by Crippen LogP contribution is -2.06. The number of nitrogens with zero attached hydrogens (tertiary/aromatic N) is 3. The quantitative estimate of drug-likeness (QED) is 0.733. The minimum atomic E-state index is -4.49. The van der Waals surface area contributed by atoms with Crippen LogP contribution in [0.3, 0.4) is 0 Å². The van der Waals surface area contributed by atoms with Gasteiger partial charge in [-0.15, -0.1) is 0 Å². The number of imidazole rings is 1. The van der Waals surface area contributed by atoms with E-state index in [9.17, 15) is 13.2 Å². The molecule has 8 heteroatoms. The second kappa shape index (κ2) is 5.56. The van der Waals surface area contributed by atoms with Crippen molar-refractivity contribution in [2.75, 3.05) is 0 Å². The van der Waals surface area contributed by atoms with Crippen molar-refractivity contribution in [2.45, 2.75) is 32.4 Å². The van der Waals surface area contributed by atoms with Crippen LogP contribution in [0.5, 0.6) is 0 Å². The zero-order valence-corrected chi connectivity index (χ0v) is 13.2. The highest BCUT2D eigenvalue weighted by Gasteiger charge is 2.35. The van der Waals surface area contributed by atoms with Gasteiger partial charge in [-0.25, -0.2) is 4.98 Å². The van der Waals surface area contributed by atoms with Crippen LogP contribution in [0.2, 0.25) is 5.02 Å². The molecule has 0 spiro atoms. The molecule has 0 amide bonds. The fourth-order valence-electron chi connectivity index (χ4n) is 2.41. The minimum absolute atomic E-state index is 0.120. The highest BCUT2D eigenvalue weighted by Crippen LogP contribution is 2.33. The number of rotatable bonds is 3. The Morgan fingerprint density at radius 2 is 2.09 bits per heavy atom. The Labute approximate surface area is 135 Å². The molecule has 0 unspecified atom stereocenters. The van der Waals surface area contributed by atoms with E-state index < -0.39 is 11.9 Å². The molecular formula is C15H14ClF3N4. The Balaban J connectivity index is 2.21. The minimum Gasteiger partial charge on any atom is -0.303 e. The van der Waals surface area contributed by atoms with Gasteiger partial charge in [0.05, 0.1) is 16.7 Å². The average Bonchev–Trinajstić information content (AvgIpc) is 3.12. The van der Waals surface area contributed by atoms with Crippen LogP contribution < -0.4 is 0 Å². The van der Waals surface area contributed by atoms with Gasteiger partial charge in [-0.1, -0.05) is 25.4 Å². The molecule has 0 bridgehead atoms. The van der Waals surface area contributed by atoms with Gasteiger partial charge in [-0.3, -0.25) is 5.10 Å². The van der Waals surface area contributed by atoms with E-state index in [0.29, 0.717) is 28.5 Å². The zero-order chi connectivity index (χ0) is 16.8. The molecule has 2 aromatic heterocycles. The highest BCUT2D eigenvalue weighted by atomic mass is 35.5. The van der Waals surface area contributed by atoms with Crippen LogP contribution in [-0.2, 0) is 6.18 Å². The van der Waals surface area contributed by atoms with Gasteiger partial charge in [0.1, 0.15) is 5.82 Å². The van der Waals surface area contributed by atoms with Crippen LogP contribution in [0.4, 0.5) is 13.2 Å². The summed E-state index contributed by atoms with van der Waals surface area (Å²) in [4.78, 5) is 3.80. The summed E-state index contributed by atoms with van der Waals surface area (Å²) in [5.74, 6) is 0.239. The lowest BCUT2D eigenvalue weighted by molar-refractivity contribution is -0.141. The SMILES string of the molecule is CC[C@H](C)c1nc(C(F)(F)F)cn1-c1cc(Cl)c2[nH]ncc2c1. The lowest BCUT2D eigenvalue weighted by Gasteiger charge is -2.12. The summed E-state index contributed by atoms with van der Waals surface area (Å²) >= 11 is 6.19. The zero-order valence-electron chi connectivity index (χ0n) is 12.4. The van der Waals surface area contributed by atoms with E-state index in [4.69, 9.17) is 11.6 Å². The Morgan fingerprint density at radius 3 is 2.74 bits per heavy atom. The predicted octanol–water partition coefficient (Wildman–Crippen LogP) is 4.93. The summed E-state index contributed by atoms with van der Waals surface area (Å²) in [5, 5.41) is 7.78. The second-order valence-electron chi connectivity index (χ2n) is 5.42. The molecule has 0 aliphatic heterocycles. The maximum Gasteiger partial charge on any atom is 0.434 e. The molecule has 0 saturated carbocycles. The predicted molar refractivity (Wildman–Crippen MR) is 81.9 cm³/mol. The van der Waals surface area contributed by atoms with Crippen LogP contribution in [-0.4, -0.2) is 19.7 Å². The van der Waals surface area contributed by atoms with Crippen molar-refractivity contribution in [3.05, 3.63) is 41.1 Å². The molecule has 1 aromatic carbocycles. The van der Waals surface area contributed by atoms with E-state index in [1.807, 2.05) is 13.8 Å². The molecule has 0 radical (unpaired) electrons. The van der Waals surface area contributed by atoms with E-state index in [1.165, 1.54) is 4.57 Å². The van der Waals surface area contributed by atoms with Crippen molar-refractivity contribution in [2.24, 2.45) is 0 Å². The third-order valence-electron chi connectivity index (χ3n) is 3.84. The Kier molecular flexibility index (Phi) is 3.83. The van der Waals surface area contributed by atoms with Gasteiger partial charge in [-0.2, -0.15) is 18.3 Å². The molecule has 23 heavy (non-hydrogen) atoms. The van der Waals surface area contributed by atoms with Crippen LogP contribution in [0.15, 0.2) is 24.5 Å². The number of halogens is 4. The molecular weight excluding hydrogens is 329 g/mol. The summed E-state index contributed by atoms with van der Waals surface area (Å²) in [6.45, 7) is 3.75. The van der Waals surface area contributed by atoms with Crippen LogP contribution in [0, 0.1) is 0 Å².